The number of nitro groups is 1. The molecule has 0 aliphatic rings. The molecule has 1 aromatic carbocycles. The molecular weight excluding hydrogens is 265 g/mol. The summed E-state index contributed by atoms with van der Waals surface area (Å²) in [6.07, 6.45) is 1.03. The highest BCUT2D eigenvalue weighted by Crippen LogP contribution is 2.30. The molecule has 1 rings (SSSR count). The highest BCUT2D eigenvalue weighted by atomic mass is 19.1. The number of carbonyl (C=O) groups excluding carboxylic acids is 1. The molecule has 1 aromatic rings. The van der Waals surface area contributed by atoms with Crippen LogP contribution in [0.2, 0.25) is 0 Å². The van der Waals surface area contributed by atoms with Crippen molar-refractivity contribution in [1.82, 2.24) is 0 Å². The number of carbonyl (C=O) groups is 1. The first-order chi connectivity index (χ1) is 9.40. The van der Waals surface area contributed by atoms with Crippen LogP contribution in [-0.4, -0.2) is 17.4 Å². The number of nitrogens with zero attached hydrogens (tertiary/aromatic N) is 1. The molecule has 110 valence electrons. The molecule has 0 fully saturated rings. The number of amides is 1. The number of nitro benzene ring substituents is 1. The molecule has 3 N–H and O–H groups in total. The smallest absolute Gasteiger partial charge is 0.295 e. The lowest BCUT2D eigenvalue weighted by atomic mass is 9.81. The molecule has 0 radical (unpaired) electrons. The number of nitrogens with two attached hydrogens (primary N) is 1. The minimum atomic E-state index is -0.776. The molecule has 6 nitrogen and oxygen atoms in total. The van der Waals surface area contributed by atoms with E-state index < -0.39 is 21.8 Å². The van der Waals surface area contributed by atoms with E-state index in [0.717, 1.165) is 12.1 Å². The summed E-state index contributed by atoms with van der Waals surface area (Å²) in [6.45, 7) is 3.80. The van der Waals surface area contributed by atoms with Crippen LogP contribution in [-0.2, 0) is 4.79 Å². The number of halogens is 1. The van der Waals surface area contributed by atoms with Crippen LogP contribution >= 0.6 is 0 Å². The van der Waals surface area contributed by atoms with Crippen molar-refractivity contribution in [3.8, 4) is 0 Å². The first-order valence-electron chi connectivity index (χ1n) is 6.35. The second kappa shape index (κ2) is 6.42. The standard InChI is InChI=1S/C13H18FN3O3/c1-3-13(4-2,8-15)12(18)16-10-6-5-9(14)7-11(10)17(19)20/h5-7H,3-4,8,15H2,1-2H3,(H,16,18). The van der Waals surface area contributed by atoms with Crippen LogP contribution < -0.4 is 11.1 Å². The number of hydrogen-bond donors (Lipinski definition) is 2. The van der Waals surface area contributed by atoms with E-state index in [1.54, 1.807) is 0 Å². The van der Waals surface area contributed by atoms with Crippen molar-refractivity contribution in [1.29, 1.82) is 0 Å². The fraction of sp³-hybridized carbons (Fsp3) is 0.462. The molecule has 0 spiro atoms. The number of hydrogen-bond acceptors (Lipinski definition) is 4. The average Bonchev–Trinajstić information content (AvgIpc) is 2.43. The molecule has 0 bridgehead atoms. The predicted octanol–water partition coefficient (Wildman–Crippen LogP) is 2.44. The number of nitrogens with one attached hydrogen (secondary N) is 1. The van der Waals surface area contributed by atoms with Gasteiger partial charge in [0.15, 0.2) is 0 Å². The van der Waals surface area contributed by atoms with E-state index in [1.807, 2.05) is 13.8 Å². The van der Waals surface area contributed by atoms with Gasteiger partial charge in [-0.25, -0.2) is 4.39 Å². The van der Waals surface area contributed by atoms with Gasteiger partial charge in [0.05, 0.1) is 16.4 Å². The number of benzene rings is 1. The Morgan fingerprint density at radius 3 is 2.50 bits per heavy atom. The van der Waals surface area contributed by atoms with Crippen molar-refractivity contribution < 1.29 is 14.1 Å². The van der Waals surface area contributed by atoms with Crippen LogP contribution in [0.3, 0.4) is 0 Å². The molecular formula is C13H18FN3O3. The van der Waals surface area contributed by atoms with E-state index in [2.05, 4.69) is 5.32 Å². The second-order valence-electron chi connectivity index (χ2n) is 4.56. The van der Waals surface area contributed by atoms with E-state index in [0.29, 0.717) is 12.8 Å². The summed E-state index contributed by atoms with van der Waals surface area (Å²) in [5.74, 6) is -1.12. The average molecular weight is 283 g/mol. The van der Waals surface area contributed by atoms with Crippen molar-refractivity contribution >= 4 is 17.3 Å². The summed E-state index contributed by atoms with van der Waals surface area (Å²) in [5.41, 5.74) is 4.37. The lowest BCUT2D eigenvalue weighted by Crippen LogP contribution is -2.41. The van der Waals surface area contributed by atoms with Crippen LogP contribution in [0.5, 0.6) is 0 Å². The van der Waals surface area contributed by atoms with Crippen LogP contribution in [0.25, 0.3) is 0 Å². The maximum absolute atomic E-state index is 13.0. The predicted molar refractivity (Wildman–Crippen MR) is 73.8 cm³/mol. The first kappa shape index (κ1) is 16.0. The number of anilines is 1. The normalized spacial score (nSPS) is 11.2. The van der Waals surface area contributed by atoms with Gasteiger partial charge in [-0.05, 0) is 25.0 Å². The zero-order valence-electron chi connectivity index (χ0n) is 11.5. The zero-order valence-corrected chi connectivity index (χ0v) is 11.5. The summed E-state index contributed by atoms with van der Waals surface area (Å²) in [7, 11) is 0. The SMILES string of the molecule is CCC(CC)(CN)C(=O)Nc1ccc(F)cc1[N+](=O)[O-]. The maximum atomic E-state index is 13.0. The monoisotopic (exact) mass is 283 g/mol. The summed E-state index contributed by atoms with van der Waals surface area (Å²) < 4.78 is 13.0. The van der Waals surface area contributed by atoms with Gasteiger partial charge < -0.3 is 11.1 Å². The minimum absolute atomic E-state index is 0.0267. The lowest BCUT2D eigenvalue weighted by Gasteiger charge is -2.28. The van der Waals surface area contributed by atoms with Gasteiger partial charge in [0, 0.05) is 6.54 Å². The summed E-state index contributed by atoms with van der Waals surface area (Å²) in [5, 5.41) is 13.4. The topological polar surface area (TPSA) is 98.3 Å². The Kier molecular flexibility index (Phi) is 5.15. The van der Waals surface area contributed by atoms with Gasteiger partial charge in [-0.1, -0.05) is 13.8 Å². The van der Waals surface area contributed by atoms with Gasteiger partial charge in [-0.15, -0.1) is 0 Å². The van der Waals surface area contributed by atoms with E-state index in [-0.39, 0.29) is 18.1 Å². The third-order valence-corrected chi connectivity index (χ3v) is 3.63. The van der Waals surface area contributed by atoms with Crippen molar-refractivity contribution in [2.45, 2.75) is 26.7 Å². The summed E-state index contributed by atoms with van der Waals surface area (Å²) in [4.78, 5) is 22.4. The summed E-state index contributed by atoms with van der Waals surface area (Å²) >= 11 is 0. The molecule has 0 atom stereocenters. The van der Waals surface area contributed by atoms with E-state index in [4.69, 9.17) is 5.73 Å². The largest absolute Gasteiger partial charge is 0.329 e. The van der Waals surface area contributed by atoms with Crippen molar-refractivity contribution in [2.75, 3.05) is 11.9 Å². The van der Waals surface area contributed by atoms with Crippen LogP contribution in [0, 0.1) is 21.3 Å². The van der Waals surface area contributed by atoms with E-state index in [9.17, 15) is 19.3 Å². The first-order valence-corrected chi connectivity index (χ1v) is 6.35. The van der Waals surface area contributed by atoms with E-state index >= 15 is 0 Å². The molecule has 0 saturated carbocycles. The molecule has 0 heterocycles. The van der Waals surface area contributed by atoms with Crippen molar-refractivity contribution in [3.63, 3.8) is 0 Å². The Bertz CT molecular complexity index is 507. The Balaban J connectivity index is 3.10. The van der Waals surface area contributed by atoms with Crippen molar-refractivity contribution in [2.24, 2.45) is 11.1 Å². The Morgan fingerprint density at radius 1 is 1.45 bits per heavy atom. The van der Waals surface area contributed by atoms with E-state index in [1.165, 1.54) is 6.07 Å². The summed E-state index contributed by atoms with van der Waals surface area (Å²) in [6, 6.07) is 3.01. The maximum Gasteiger partial charge on any atom is 0.295 e. The molecule has 0 aromatic heterocycles. The molecule has 20 heavy (non-hydrogen) atoms. The molecule has 0 aliphatic heterocycles. The highest BCUT2D eigenvalue weighted by Gasteiger charge is 2.34. The quantitative estimate of drug-likeness (QED) is 0.618. The molecule has 0 aliphatic carbocycles. The Hall–Kier alpha value is -2.02. The van der Waals surface area contributed by atoms with Gasteiger partial charge in [-0.3, -0.25) is 14.9 Å². The third kappa shape index (κ3) is 3.11. The fourth-order valence-corrected chi connectivity index (χ4v) is 1.97. The highest BCUT2D eigenvalue weighted by molar-refractivity contribution is 5.97. The molecule has 0 saturated heterocycles. The van der Waals surface area contributed by atoms with Gasteiger partial charge in [0.2, 0.25) is 5.91 Å². The van der Waals surface area contributed by atoms with Crippen LogP contribution in [0.4, 0.5) is 15.8 Å². The Morgan fingerprint density at radius 2 is 2.05 bits per heavy atom. The van der Waals surface area contributed by atoms with Crippen LogP contribution in [0.1, 0.15) is 26.7 Å². The fourth-order valence-electron chi connectivity index (χ4n) is 1.97. The molecule has 1 amide bonds. The van der Waals surface area contributed by atoms with Gasteiger partial charge >= 0.3 is 0 Å². The van der Waals surface area contributed by atoms with Crippen LogP contribution in [0.15, 0.2) is 18.2 Å². The zero-order chi connectivity index (χ0) is 15.3. The number of rotatable bonds is 6. The molecule has 7 heteroatoms. The lowest BCUT2D eigenvalue weighted by molar-refractivity contribution is -0.384. The minimum Gasteiger partial charge on any atom is -0.329 e. The van der Waals surface area contributed by atoms with Gasteiger partial charge in [0.25, 0.3) is 5.69 Å². The molecule has 0 unspecified atom stereocenters. The third-order valence-electron chi connectivity index (χ3n) is 3.63. The Labute approximate surface area is 116 Å². The second-order valence-corrected chi connectivity index (χ2v) is 4.56. The van der Waals surface area contributed by atoms with Gasteiger partial charge in [0.1, 0.15) is 11.5 Å². The van der Waals surface area contributed by atoms with Crippen molar-refractivity contribution in [3.05, 3.63) is 34.1 Å². The van der Waals surface area contributed by atoms with Gasteiger partial charge in [-0.2, -0.15) is 0 Å².